The number of fused-ring (bicyclic) bond motifs is 1. The summed E-state index contributed by atoms with van der Waals surface area (Å²) in [4.78, 5) is 37.7. The monoisotopic (exact) mass is 479 g/mol. The number of carbonyl (C=O) groups is 1. The fourth-order valence-electron chi connectivity index (χ4n) is 3.52. The van der Waals surface area contributed by atoms with Gasteiger partial charge in [-0.3, -0.25) is 14.4 Å². The predicted octanol–water partition coefficient (Wildman–Crippen LogP) is 4.33. The SMILES string of the molecule is CCOc1ccc(Oc2cc3c(cc2NC(=O)c2ccccc2Cl)n(C)c(=O)c(=O)n3C)cc1. The Kier molecular flexibility index (Phi) is 6.43. The molecule has 0 spiro atoms. The lowest BCUT2D eigenvalue weighted by Crippen LogP contribution is -2.39. The second kappa shape index (κ2) is 9.44. The van der Waals surface area contributed by atoms with Crippen molar-refractivity contribution in [1.29, 1.82) is 0 Å². The van der Waals surface area contributed by atoms with Crippen LogP contribution in [0.1, 0.15) is 17.3 Å². The first-order valence-electron chi connectivity index (χ1n) is 10.5. The predicted molar refractivity (Wildman–Crippen MR) is 132 cm³/mol. The lowest BCUT2D eigenvalue weighted by Gasteiger charge is -2.17. The molecule has 34 heavy (non-hydrogen) atoms. The number of anilines is 1. The number of hydrogen-bond donors (Lipinski definition) is 1. The third kappa shape index (κ3) is 4.40. The summed E-state index contributed by atoms with van der Waals surface area (Å²) in [6.07, 6.45) is 0. The number of aryl methyl sites for hydroxylation is 2. The van der Waals surface area contributed by atoms with Crippen LogP contribution in [-0.4, -0.2) is 21.6 Å². The highest BCUT2D eigenvalue weighted by molar-refractivity contribution is 6.34. The Morgan fingerprint density at radius 1 is 0.912 bits per heavy atom. The van der Waals surface area contributed by atoms with E-state index in [1.54, 1.807) is 60.7 Å². The highest BCUT2D eigenvalue weighted by atomic mass is 35.5. The number of ether oxygens (including phenoxy) is 2. The van der Waals surface area contributed by atoms with E-state index in [2.05, 4.69) is 5.32 Å². The summed E-state index contributed by atoms with van der Waals surface area (Å²) in [5, 5.41) is 3.11. The van der Waals surface area contributed by atoms with Gasteiger partial charge in [0.2, 0.25) is 0 Å². The average Bonchev–Trinajstić information content (AvgIpc) is 2.83. The Bertz CT molecular complexity index is 1510. The van der Waals surface area contributed by atoms with Crippen molar-refractivity contribution in [3.8, 4) is 17.2 Å². The summed E-state index contributed by atoms with van der Waals surface area (Å²) >= 11 is 6.19. The van der Waals surface area contributed by atoms with Gasteiger partial charge in [0.1, 0.15) is 11.5 Å². The van der Waals surface area contributed by atoms with E-state index in [0.717, 1.165) is 0 Å². The van der Waals surface area contributed by atoms with Gasteiger partial charge < -0.3 is 23.9 Å². The van der Waals surface area contributed by atoms with Gasteiger partial charge >= 0.3 is 11.1 Å². The largest absolute Gasteiger partial charge is 0.494 e. The second-order valence-corrected chi connectivity index (χ2v) is 7.91. The normalized spacial score (nSPS) is 10.8. The van der Waals surface area contributed by atoms with Crippen LogP contribution in [0.2, 0.25) is 5.02 Å². The average molecular weight is 480 g/mol. The first kappa shape index (κ1) is 23.1. The molecular weight excluding hydrogens is 458 g/mol. The Hall–Kier alpha value is -4.04. The minimum atomic E-state index is -0.682. The molecule has 1 amide bonds. The van der Waals surface area contributed by atoms with Gasteiger partial charge in [-0.05, 0) is 49.4 Å². The number of hydrogen-bond acceptors (Lipinski definition) is 5. The van der Waals surface area contributed by atoms with E-state index in [1.165, 1.54) is 23.2 Å². The van der Waals surface area contributed by atoms with Crippen LogP contribution in [0.15, 0.2) is 70.3 Å². The molecule has 8 nitrogen and oxygen atoms in total. The minimum Gasteiger partial charge on any atom is -0.494 e. The van der Waals surface area contributed by atoms with Gasteiger partial charge in [0.15, 0.2) is 5.75 Å². The molecule has 4 rings (SSSR count). The highest BCUT2D eigenvalue weighted by Gasteiger charge is 2.18. The number of benzene rings is 3. The molecule has 4 aromatic rings. The summed E-state index contributed by atoms with van der Waals surface area (Å²) in [5.41, 5.74) is 0.142. The lowest BCUT2D eigenvalue weighted by molar-refractivity contribution is 0.102. The zero-order valence-corrected chi connectivity index (χ0v) is 19.6. The molecule has 1 heterocycles. The fourth-order valence-corrected chi connectivity index (χ4v) is 3.74. The van der Waals surface area contributed by atoms with E-state index >= 15 is 0 Å². The van der Waals surface area contributed by atoms with Crippen molar-refractivity contribution in [2.24, 2.45) is 14.1 Å². The van der Waals surface area contributed by atoms with Crippen LogP contribution in [0, 0.1) is 0 Å². The maximum absolute atomic E-state index is 13.0. The van der Waals surface area contributed by atoms with Crippen molar-refractivity contribution in [3.63, 3.8) is 0 Å². The highest BCUT2D eigenvalue weighted by Crippen LogP contribution is 2.34. The van der Waals surface area contributed by atoms with Gasteiger partial charge in [-0.2, -0.15) is 0 Å². The number of carbonyl (C=O) groups excluding carboxylic acids is 1. The number of nitrogens with one attached hydrogen (secondary N) is 1. The molecule has 0 bridgehead atoms. The third-order valence-corrected chi connectivity index (χ3v) is 5.65. The number of nitrogens with zero attached hydrogens (tertiary/aromatic N) is 2. The Morgan fingerprint density at radius 2 is 1.50 bits per heavy atom. The van der Waals surface area contributed by atoms with E-state index in [0.29, 0.717) is 39.8 Å². The van der Waals surface area contributed by atoms with Gasteiger partial charge in [0.25, 0.3) is 5.91 Å². The first-order chi connectivity index (χ1) is 16.3. The molecule has 1 N–H and O–H groups in total. The quantitative estimate of drug-likeness (QED) is 0.415. The first-order valence-corrected chi connectivity index (χ1v) is 10.9. The molecular formula is C25H22ClN3O5. The lowest BCUT2D eigenvalue weighted by atomic mass is 10.2. The molecule has 1 aromatic heterocycles. The molecule has 9 heteroatoms. The van der Waals surface area contributed by atoms with Crippen molar-refractivity contribution in [1.82, 2.24) is 9.13 Å². The van der Waals surface area contributed by atoms with Crippen molar-refractivity contribution >= 4 is 34.2 Å². The number of amides is 1. The van der Waals surface area contributed by atoms with Gasteiger partial charge in [-0.1, -0.05) is 23.7 Å². The Balaban J connectivity index is 1.84. The van der Waals surface area contributed by atoms with Crippen LogP contribution in [0.3, 0.4) is 0 Å². The van der Waals surface area contributed by atoms with E-state index < -0.39 is 17.0 Å². The smallest absolute Gasteiger partial charge is 0.316 e. The van der Waals surface area contributed by atoms with Crippen LogP contribution < -0.4 is 25.9 Å². The molecule has 0 saturated carbocycles. The Labute approximate surface area is 199 Å². The van der Waals surface area contributed by atoms with Crippen LogP contribution in [-0.2, 0) is 14.1 Å². The maximum Gasteiger partial charge on any atom is 0.316 e. The third-order valence-electron chi connectivity index (χ3n) is 5.32. The molecule has 0 fully saturated rings. The molecule has 0 aliphatic carbocycles. The molecule has 174 valence electrons. The van der Waals surface area contributed by atoms with Crippen LogP contribution in [0.5, 0.6) is 17.2 Å². The van der Waals surface area contributed by atoms with Crippen molar-refractivity contribution in [3.05, 3.63) is 92.0 Å². The van der Waals surface area contributed by atoms with Crippen LogP contribution in [0.4, 0.5) is 5.69 Å². The number of rotatable bonds is 6. The fraction of sp³-hybridized carbons (Fsp3) is 0.160. The van der Waals surface area contributed by atoms with Crippen molar-refractivity contribution in [2.45, 2.75) is 6.92 Å². The number of aromatic nitrogens is 2. The van der Waals surface area contributed by atoms with E-state index in [1.807, 2.05) is 6.92 Å². The van der Waals surface area contributed by atoms with E-state index in [9.17, 15) is 14.4 Å². The molecule has 0 unspecified atom stereocenters. The molecule has 0 aliphatic heterocycles. The summed E-state index contributed by atoms with van der Waals surface area (Å²) in [6.45, 7) is 2.43. The minimum absolute atomic E-state index is 0.283. The molecule has 3 aromatic carbocycles. The van der Waals surface area contributed by atoms with Crippen LogP contribution >= 0.6 is 11.6 Å². The summed E-state index contributed by atoms with van der Waals surface area (Å²) in [6, 6.07) is 16.8. The zero-order chi connectivity index (χ0) is 24.4. The topological polar surface area (TPSA) is 91.6 Å². The molecule has 0 aliphatic rings. The molecule has 0 radical (unpaired) electrons. The Morgan fingerprint density at radius 3 is 2.12 bits per heavy atom. The molecule has 0 atom stereocenters. The van der Waals surface area contributed by atoms with E-state index in [4.69, 9.17) is 21.1 Å². The summed E-state index contributed by atoms with van der Waals surface area (Å²) < 4.78 is 14.0. The van der Waals surface area contributed by atoms with Gasteiger partial charge in [-0.15, -0.1) is 0 Å². The molecule has 0 saturated heterocycles. The standard InChI is InChI=1S/C25H22ClN3O5/c1-4-33-15-9-11-16(12-10-15)34-22-14-21-20(28(2)24(31)25(32)29(21)3)13-19(22)27-23(30)17-7-5-6-8-18(17)26/h5-14H,4H2,1-3H3,(H,27,30). The second-order valence-electron chi connectivity index (χ2n) is 7.51. The van der Waals surface area contributed by atoms with Crippen molar-refractivity contribution < 1.29 is 14.3 Å². The van der Waals surface area contributed by atoms with Gasteiger partial charge in [0.05, 0.1) is 33.9 Å². The number of halogens is 1. The zero-order valence-electron chi connectivity index (χ0n) is 18.8. The van der Waals surface area contributed by atoms with E-state index in [-0.39, 0.29) is 11.3 Å². The summed E-state index contributed by atoms with van der Waals surface area (Å²) in [7, 11) is 3.01. The van der Waals surface area contributed by atoms with Crippen molar-refractivity contribution in [2.75, 3.05) is 11.9 Å². The summed E-state index contributed by atoms with van der Waals surface area (Å²) in [5.74, 6) is 1.02. The van der Waals surface area contributed by atoms with Gasteiger partial charge in [0, 0.05) is 20.2 Å². The van der Waals surface area contributed by atoms with Gasteiger partial charge in [-0.25, -0.2) is 0 Å². The van der Waals surface area contributed by atoms with Crippen LogP contribution in [0.25, 0.3) is 11.0 Å². The maximum atomic E-state index is 13.0.